The lowest BCUT2D eigenvalue weighted by Gasteiger charge is -2.18. The maximum atomic E-state index is 12.9. The topological polar surface area (TPSA) is 64.0 Å². The van der Waals surface area contributed by atoms with Crippen LogP contribution < -0.4 is 10.9 Å². The number of anilines is 1. The third-order valence-electron chi connectivity index (χ3n) is 4.32. The van der Waals surface area contributed by atoms with Gasteiger partial charge in [-0.05, 0) is 58.0 Å². The average molecular weight is 416 g/mol. The van der Waals surface area contributed by atoms with E-state index in [0.29, 0.717) is 21.1 Å². The third kappa shape index (κ3) is 4.39. The van der Waals surface area contributed by atoms with Gasteiger partial charge >= 0.3 is 0 Å². The number of fused-ring (bicyclic) bond motifs is 1. The van der Waals surface area contributed by atoms with Crippen molar-refractivity contribution in [3.63, 3.8) is 0 Å². The molecule has 1 N–H and O–H groups in total. The number of carbonyl (C=O) groups is 1. The number of amides is 1. The van der Waals surface area contributed by atoms with Crippen molar-refractivity contribution < 1.29 is 4.79 Å². The van der Waals surface area contributed by atoms with Crippen LogP contribution in [-0.2, 0) is 4.79 Å². The van der Waals surface area contributed by atoms with Crippen molar-refractivity contribution >= 4 is 45.9 Å². The second kappa shape index (κ2) is 8.37. The predicted molar refractivity (Wildman–Crippen MR) is 117 cm³/mol. The van der Waals surface area contributed by atoms with Gasteiger partial charge in [0.1, 0.15) is 0 Å². The lowest BCUT2D eigenvalue weighted by Crippen LogP contribution is -2.28. The standard InChI is InChI=1S/C21H22ClN3O2S/c1-12(2)25-20(27)17-10-7-15(22)11-18(17)24-21(25)28-14(4)19(26)23-16-8-5-13(3)6-9-16/h5-12,14H,1-4H3,(H,23,26)/t14-/m1/s1. The molecule has 28 heavy (non-hydrogen) atoms. The Bertz CT molecular complexity index is 1080. The lowest BCUT2D eigenvalue weighted by atomic mass is 10.2. The molecule has 1 atom stereocenters. The van der Waals surface area contributed by atoms with Gasteiger partial charge < -0.3 is 5.32 Å². The number of rotatable bonds is 5. The highest BCUT2D eigenvalue weighted by atomic mass is 35.5. The van der Waals surface area contributed by atoms with E-state index in [2.05, 4.69) is 10.3 Å². The van der Waals surface area contributed by atoms with Crippen LogP contribution in [0, 0.1) is 6.92 Å². The maximum Gasteiger partial charge on any atom is 0.262 e. The molecule has 0 radical (unpaired) electrons. The van der Waals surface area contributed by atoms with Crippen LogP contribution in [0.4, 0.5) is 5.69 Å². The van der Waals surface area contributed by atoms with Crippen molar-refractivity contribution in [1.29, 1.82) is 0 Å². The number of benzene rings is 2. The van der Waals surface area contributed by atoms with Gasteiger partial charge in [0, 0.05) is 16.8 Å². The second-order valence-electron chi connectivity index (χ2n) is 6.94. The predicted octanol–water partition coefficient (Wildman–Crippen LogP) is 5.06. The van der Waals surface area contributed by atoms with Gasteiger partial charge in [0.15, 0.2) is 5.16 Å². The summed E-state index contributed by atoms with van der Waals surface area (Å²) in [5.74, 6) is -0.149. The van der Waals surface area contributed by atoms with Gasteiger partial charge in [0.05, 0.1) is 16.2 Å². The van der Waals surface area contributed by atoms with Crippen LogP contribution in [0.25, 0.3) is 10.9 Å². The van der Waals surface area contributed by atoms with Gasteiger partial charge in [0.25, 0.3) is 5.56 Å². The van der Waals surface area contributed by atoms with Gasteiger partial charge in [-0.25, -0.2) is 4.98 Å². The summed E-state index contributed by atoms with van der Waals surface area (Å²) in [4.78, 5) is 30.2. The fraction of sp³-hybridized carbons (Fsp3) is 0.286. The zero-order valence-electron chi connectivity index (χ0n) is 16.2. The van der Waals surface area contributed by atoms with E-state index in [1.807, 2.05) is 45.0 Å². The average Bonchev–Trinajstić information content (AvgIpc) is 2.63. The smallest absolute Gasteiger partial charge is 0.262 e. The summed E-state index contributed by atoms with van der Waals surface area (Å²) >= 11 is 7.32. The molecule has 3 aromatic rings. The zero-order chi connectivity index (χ0) is 20.4. The van der Waals surface area contributed by atoms with Gasteiger partial charge in [-0.1, -0.05) is 41.1 Å². The van der Waals surface area contributed by atoms with Crippen molar-refractivity contribution in [1.82, 2.24) is 9.55 Å². The molecular formula is C21H22ClN3O2S. The Balaban J connectivity index is 1.91. The summed E-state index contributed by atoms with van der Waals surface area (Å²) in [6.07, 6.45) is 0. The molecule has 0 bridgehead atoms. The molecule has 1 aromatic heterocycles. The van der Waals surface area contributed by atoms with Crippen molar-refractivity contribution in [2.24, 2.45) is 0 Å². The van der Waals surface area contributed by atoms with E-state index < -0.39 is 5.25 Å². The molecule has 0 aliphatic rings. The first kappa shape index (κ1) is 20.4. The third-order valence-corrected chi connectivity index (χ3v) is 5.62. The van der Waals surface area contributed by atoms with Gasteiger partial charge in [-0.3, -0.25) is 14.2 Å². The lowest BCUT2D eigenvalue weighted by molar-refractivity contribution is -0.115. The number of nitrogens with one attached hydrogen (secondary N) is 1. The Labute approximate surface area is 173 Å². The Morgan fingerprint density at radius 2 is 1.82 bits per heavy atom. The van der Waals surface area contributed by atoms with E-state index in [-0.39, 0.29) is 17.5 Å². The normalized spacial score (nSPS) is 12.4. The highest BCUT2D eigenvalue weighted by molar-refractivity contribution is 8.00. The first-order valence-corrected chi connectivity index (χ1v) is 10.3. The number of hydrogen-bond acceptors (Lipinski definition) is 4. The number of nitrogens with zero attached hydrogens (tertiary/aromatic N) is 2. The monoisotopic (exact) mass is 415 g/mol. The molecule has 146 valence electrons. The molecule has 0 aliphatic carbocycles. The molecular weight excluding hydrogens is 394 g/mol. The molecule has 0 spiro atoms. The van der Waals surface area contributed by atoms with Crippen LogP contribution in [0.2, 0.25) is 5.02 Å². The summed E-state index contributed by atoms with van der Waals surface area (Å²) in [5, 5.41) is 4.00. The van der Waals surface area contributed by atoms with Crippen molar-refractivity contribution in [2.75, 3.05) is 5.32 Å². The van der Waals surface area contributed by atoms with E-state index in [1.165, 1.54) is 11.8 Å². The summed E-state index contributed by atoms with van der Waals surface area (Å²) in [6, 6.07) is 12.6. The molecule has 0 aliphatic heterocycles. The van der Waals surface area contributed by atoms with Crippen molar-refractivity contribution in [3.8, 4) is 0 Å². The number of aryl methyl sites for hydroxylation is 1. The molecule has 1 amide bonds. The highest BCUT2D eigenvalue weighted by Gasteiger charge is 2.21. The van der Waals surface area contributed by atoms with Gasteiger partial charge in [-0.15, -0.1) is 0 Å². The maximum absolute atomic E-state index is 12.9. The van der Waals surface area contributed by atoms with Gasteiger partial charge in [0.2, 0.25) is 5.91 Å². The molecule has 1 heterocycles. The summed E-state index contributed by atoms with van der Waals surface area (Å²) in [6.45, 7) is 7.64. The van der Waals surface area contributed by atoms with E-state index in [4.69, 9.17) is 11.6 Å². The van der Waals surface area contributed by atoms with E-state index >= 15 is 0 Å². The molecule has 0 unspecified atom stereocenters. The summed E-state index contributed by atoms with van der Waals surface area (Å²) in [5.41, 5.74) is 2.26. The van der Waals surface area contributed by atoms with E-state index in [1.54, 1.807) is 29.7 Å². The number of carbonyl (C=O) groups excluding carboxylic acids is 1. The SMILES string of the molecule is Cc1ccc(NC(=O)[C@@H](C)Sc2nc3cc(Cl)ccc3c(=O)n2C(C)C)cc1. The largest absolute Gasteiger partial charge is 0.325 e. The van der Waals surface area contributed by atoms with Crippen LogP contribution >= 0.6 is 23.4 Å². The number of halogens is 1. The number of hydrogen-bond donors (Lipinski definition) is 1. The fourth-order valence-electron chi connectivity index (χ4n) is 2.78. The Morgan fingerprint density at radius 3 is 2.46 bits per heavy atom. The minimum Gasteiger partial charge on any atom is -0.325 e. The highest BCUT2D eigenvalue weighted by Crippen LogP contribution is 2.26. The first-order chi connectivity index (χ1) is 13.3. The van der Waals surface area contributed by atoms with Crippen molar-refractivity contribution in [3.05, 3.63) is 63.4 Å². The minimum atomic E-state index is -0.435. The van der Waals surface area contributed by atoms with Crippen LogP contribution in [0.15, 0.2) is 52.4 Å². The Hall–Kier alpha value is -2.31. The summed E-state index contributed by atoms with van der Waals surface area (Å²) in [7, 11) is 0. The van der Waals surface area contributed by atoms with Crippen LogP contribution in [-0.4, -0.2) is 20.7 Å². The molecule has 0 saturated carbocycles. The summed E-state index contributed by atoms with van der Waals surface area (Å²) < 4.78 is 1.62. The fourth-order valence-corrected chi connectivity index (χ4v) is 3.99. The Morgan fingerprint density at radius 1 is 1.14 bits per heavy atom. The van der Waals surface area contributed by atoms with Crippen LogP contribution in [0.3, 0.4) is 0 Å². The molecule has 0 fully saturated rings. The molecule has 2 aromatic carbocycles. The van der Waals surface area contributed by atoms with E-state index in [9.17, 15) is 9.59 Å². The van der Waals surface area contributed by atoms with Crippen LogP contribution in [0.1, 0.15) is 32.4 Å². The minimum absolute atomic E-state index is 0.0880. The Kier molecular flexibility index (Phi) is 6.10. The van der Waals surface area contributed by atoms with E-state index in [0.717, 1.165) is 11.3 Å². The first-order valence-electron chi connectivity index (χ1n) is 9.02. The molecule has 3 rings (SSSR count). The van der Waals surface area contributed by atoms with Crippen LogP contribution in [0.5, 0.6) is 0 Å². The van der Waals surface area contributed by atoms with Crippen molar-refractivity contribution in [2.45, 2.75) is 44.1 Å². The molecule has 0 saturated heterocycles. The number of aromatic nitrogens is 2. The molecule has 5 nitrogen and oxygen atoms in total. The molecule has 7 heteroatoms. The zero-order valence-corrected chi connectivity index (χ0v) is 17.8. The van der Waals surface area contributed by atoms with Gasteiger partial charge in [-0.2, -0.15) is 0 Å². The second-order valence-corrected chi connectivity index (χ2v) is 8.68. The number of thioether (sulfide) groups is 1. The quantitative estimate of drug-likeness (QED) is 0.467.